The number of nitrogens with one attached hydrogen (secondary N) is 2. The van der Waals surface area contributed by atoms with Gasteiger partial charge in [0.1, 0.15) is 0 Å². The smallest absolute Gasteiger partial charge is 0.337 e. The van der Waals surface area contributed by atoms with Gasteiger partial charge in [0.05, 0.1) is 10.5 Å². The van der Waals surface area contributed by atoms with Crippen molar-refractivity contribution in [3.63, 3.8) is 0 Å². The summed E-state index contributed by atoms with van der Waals surface area (Å²) in [5.74, 6) is -1.21. The molecule has 0 heterocycles. The van der Waals surface area contributed by atoms with E-state index in [-0.39, 0.29) is 10.5 Å². The molecule has 0 atom stereocenters. The number of carboxylic acids is 1. The minimum atomic E-state index is -3.89. The first kappa shape index (κ1) is 18.5. The molecule has 3 aromatic carbocycles. The van der Waals surface area contributed by atoms with Gasteiger partial charge in [-0.1, -0.05) is 48.5 Å². The van der Waals surface area contributed by atoms with Crippen LogP contribution in [0.25, 0.3) is 0 Å². The van der Waals surface area contributed by atoms with Crippen molar-refractivity contribution in [3.05, 3.63) is 90.0 Å². The average Bonchev–Trinajstić information content (AvgIpc) is 2.67. The number of rotatable bonds is 7. The first-order valence-corrected chi connectivity index (χ1v) is 9.67. The Morgan fingerprint density at radius 2 is 1.52 bits per heavy atom. The largest absolute Gasteiger partial charge is 0.478 e. The molecule has 0 radical (unpaired) electrons. The SMILES string of the molecule is O=C(O)c1cc(S(=O)(=O)Nc2ccccc2)ccc1NCc1ccccc1. The zero-order valence-electron chi connectivity index (χ0n) is 14.3. The number of sulfonamides is 1. The quantitative estimate of drug-likeness (QED) is 0.578. The molecule has 0 aliphatic carbocycles. The molecule has 3 rings (SSSR count). The number of hydrogen-bond acceptors (Lipinski definition) is 4. The lowest BCUT2D eigenvalue weighted by Crippen LogP contribution is -2.14. The van der Waals surface area contributed by atoms with Gasteiger partial charge in [-0.3, -0.25) is 4.72 Å². The van der Waals surface area contributed by atoms with Crippen molar-refractivity contribution in [2.75, 3.05) is 10.0 Å². The third kappa shape index (κ3) is 4.65. The number of para-hydroxylation sites is 1. The third-order valence-electron chi connectivity index (χ3n) is 3.88. The second-order valence-corrected chi connectivity index (χ2v) is 7.51. The Morgan fingerprint density at radius 3 is 2.15 bits per heavy atom. The molecule has 0 bridgehead atoms. The number of carboxylic acid groups (broad SMARTS) is 1. The van der Waals surface area contributed by atoms with E-state index in [0.29, 0.717) is 17.9 Å². The molecule has 7 heteroatoms. The monoisotopic (exact) mass is 382 g/mol. The van der Waals surface area contributed by atoms with Gasteiger partial charge in [0.2, 0.25) is 0 Å². The summed E-state index contributed by atoms with van der Waals surface area (Å²) in [5, 5.41) is 12.5. The zero-order chi connectivity index (χ0) is 19.3. The summed E-state index contributed by atoms with van der Waals surface area (Å²) in [5.41, 5.74) is 1.63. The first-order chi connectivity index (χ1) is 13.0. The maximum Gasteiger partial charge on any atom is 0.337 e. The van der Waals surface area contributed by atoms with Crippen molar-refractivity contribution in [1.29, 1.82) is 0 Å². The third-order valence-corrected chi connectivity index (χ3v) is 5.26. The Labute approximate surface area is 157 Å². The number of carbonyl (C=O) groups is 1. The van der Waals surface area contributed by atoms with Crippen molar-refractivity contribution >= 4 is 27.4 Å². The summed E-state index contributed by atoms with van der Waals surface area (Å²) in [6.07, 6.45) is 0. The van der Waals surface area contributed by atoms with Crippen LogP contribution >= 0.6 is 0 Å². The van der Waals surface area contributed by atoms with E-state index in [4.69, 9.17) is 0 Å². The Hall–Kier alpha value is -3.32. The molecule has 0 fully saturated rings. The normalized spacial score (nSPS) is 11.0. The summed E-state index contributed by atoms with van der Waals surface area (Å²) >= 11 is 0. The van der Waals surface area contributed by atoms with E-state index >= 15 is 0 Å². The highest BCUT2D eigenvalue weighted by Crippen LogP contribution is 2.23. The van der Waals surface area contributed by atoms with Crippen molar-refractivity contribution in [3.8, 4) is 0 Å². The highest BCUT2D eigenvalue weighted by Gasteiger charge is 2.19. The van der Waals surface area contributed by atoms with Crippen LogP contribution in [0.1, 0.15) is 15.9 Å². The Kier molecular flexibility index (Phi) is 5.42. The van der Waals surface area contributed by atoms with Crippen LogP contribution in [0.5, 0.6) is 0 Å². The standard InChI is InChI=1S/C20H18N2O4S/c23-20(24)18-13-17(27(25,26)22-16-9-5-2-6-10-16)11-12-19(18)21-14-15-7-3-1-4-8-15/h1-13,21-22H,14H2,(H,23,24). The molecule has 0 unspecified atom stereocenters. The van der Waals surface area contributed by atoms with Gasteiger partial charge in [0.15, 0.2) is 0 Å². The average molecular weight is 382 g/mol. The van der Waals surface area contributed by atoms with Crippen LogP contribution in [0.15, 0.2) is 83.8 Å². The molecular weight excluding hydrogens is 364 g/mol. The van der Waals surface area contributed by atoms with E-state index in [1.54, 1.807) is 30.3 Å². The van der Waals surface area contributed by atoms with Crippen molar-refractivity contribution in [1.82, 2.24) is 0 Å². The lowest BCUT2D eigenvalue weighted by atomic mass is 10.1. The van der Waals surface area contributed by atoms with E-state index in [1.165, 1.54) is 12.1 Å². The maximum atomic E-state index is 12.5. The number of benzene rings is 3. The van der Waals surface area contributed by atoms with Crippen LogP contribution in [-0.4, -0.2) is 19.5 Å². The fourth-order valence-electron chi connectivity index (χ4n) is 2.54. The summed E-state index contributed by atoms with van der Waals surface area (Å²) in [6.45, 7) is 0.426. The van der Waals surface area contributed by atoms with Gasteiger partial charge < -0.3 is 10.4 Å². The van der Waals surface area contributed by atoms with Crippen molar-refractivity contribution in [2.45, 2.75) is 11.4 Å². The predicted octanol–water partition coefficient (Wildman–Crippen LogP) is 3.80. The van der Waals surface area contributed by atoms with Gasteiger partial charge in [0, 0.05) is 17.9 Å². The zero-order valence-corrected chi connectivity index (χ0v) is 15.1. The summed E-state index contributed by atoms with van der Waals surface area (Å²) in [4.78, 5) is 11.5. The van der Waals surface area contributed by atoms with Gasteiger partial charge in [-0.2, -0.15) is 0 Å². The second-order valence-electron chi connectivity index (χ2n) is 5.82. The molecule has 6 nitrogen and oxygen atoms in total. The molecule has 138 valence electrons. The van der Waals surface area contributed by atoms with E-state index in [1.807, 2.05) is 30.3 Å². The Morgan fingerprint density at radius 1 is 0.889 bits per heavy atom. The van der Waals surface area contributed by atoms with E-state index < -0.39 is 16.0 Å². The molecular formula is C20H18N2O4S. The topological polar surface area (TPSA) is 95.5 Å². The van der Waals surface area contributed by atoms with Crippen LogP contribution in [0, 0.1) is 0 Å². The van der Waals surface area contributed by atoms with Gasteiger partial charge in [-0.15, -0.1) is 0 Å². The highest BCUT2D eigenvalue weighted by atomic mass is 32.2. The number of anilines is 2. The van der Waals surface area contributed by atoms with E-state index in [9.17, 15) is 18.3 Å². The summed E-state index contributed by atoms with van der Waals surface area (Å²) in [6, 6.07) is 21.9. The maximum absolute atomic E-state index is 12.5. The molecule has 0 saturated heterocycles. The molecule has 0 amide bonds. The Balaban J connectivity index is 1.85. The molecule has 0 aliphatic heterocycles. The van der Waals surface area contributed by atoms with Gasteiger partial charge in [-0.05, 0) is 35.9 Å². The minimum absolute atomic E-state index is 0.109. The fourth-order valence-corrected chi connectivity index (χ4v) is 3.62. The summed E-state index contributed by atoms with van der Waals surface area (Å²) in [7, 11) is -3.89. The lowest BCUT2D eigenvalue weighted by Gasteiger charge is -2.13. The van der Waals surface area contributed by atoms with Crippen molar-refractivity contribution in [2.24, 2.45) is 0 Å². The fraction of sp³-hybridized carbons (Fsp3) is 0.0500. The number of aromatic carboxylic acids is 1. The molecule has 27 heavy (non-hydrogen) atoms. The Bertz CT molecular complexity index is 1040. The van der Waals surface area contributed by atoms with Gasteiger partial charge in [-0.25, -0.2) is 13.2 Å². The molecule has 3 N–H and O–H groups in total. The highest BCUT2D eigenvalue weighted by molar-refractivity contribution is 7.92. The van der Waals surface area contributed by atoms with E-state index in [0.717, 1.165) is 11.6 Å². The molecule has 0 saturated carbocycles. The van der Waals surface area contributed by atoms with Crippen LogP contribution in [0.3, 0.4) is 0 Å². The molecule has 0 aromatic heterocycles. The minimum Gasteiger partial charge on any atom is -0.478 e. The number of hydrogen-bond donors (Lipinski definition) is 3. The van der Waals surface area contributed by atoms with Crippen LogP contribution < -0.4 is 10.0 Å². The molecule has 0 aliphatic rings. The van der Waals surface area contributed by atoms with Crippen LogP contribution in [-0.2, 0) is 16.6 Å². The van der Waals surface area contributed by atoms with Crippen molar-refractivity contribution < 1.29 is 18.3 Å². The summed E-state index contributed by atoms with van der Waals surface area (Å²) < 4.78 is 27.5. The predicted molar refractivity (Wildman–Crippen MR) is 104 cm³/mol. The van der Waals surface area contributed by atoms with E-state index in [2.05, 4.69) is 10.0 Å². The molecule has 3 aromatic rings. The first-order valence-electron chi connectivity index (χ1n) is 8.19. The van der Waals surface area contributed by atoms with Gasteiger partial charge in [0.25, 0.3) is 10.0 Å². The lowest BCUT2D eigenvalue weighted by molar-refractivity contribution is 0.0697. The van der Waals surface area contributed by atoms with Crippen LogP contribution in [0.4, 0.5) is 11.4 Å². The van der Waals surface area contributed by atoms with Gasteiger partial charge >= 0.3 is 5.97 Å². The second kappa shape index (κ2) is 7.92. The van der Waals surface area contributed by atoms with Crippen LogP contribution in [0.2, 0.25) is 0 Å². The molecule has 0 spiro atoms.